The highest BCUT2D eigenvalue weighted by atomic mass is 16.5. The van der Waals surface area contributed by atoms with Gasteiger partial charge in [0.2, 0.25) is 0 Å². The van der Waals surface area contributed by atoms with Crippen molar-refractivity contribution in [3.63, 3.8) is 0 Å². The van der Waals surface area contributed by atoms with Gasteiger partial charge in [-0.3, -0.25) is 0 Å². The lowest BCUT2D eigenvalue weighted by Crippen LogP contribution is -2.48. The maximum atomic E-state index is 5.60. The Bertz CT molecular complexity index is 207. The van der Waals surface area contributed by atoms with E-state index in [0.29, 0.717) is 0 Å². The van der Waals surface area contributed by atoms with E-state index in [1.165, 1.54) is 0 Å². The van der Waals surface area contributed by atoms with E-state index in [2.05, 4.69) is 46.4 Å². The van der Waals surface area contributed by atoms with Crippen LogP contribution in [0.15, 0.2) is 12.5 Å². The van der Waals surface area contributed by atoms with Gasteiger partial charge in [0.15, 0.2) is 6.23 Å². The molecule has 1 atom stereocenters. The molecule has 0 radical (unpaired) electrons. The van der Waals surface area contributed by atoms with Crippen LogP contribution in [0.5, 0.6) is 0 Å². The Hall–Kier alpha value is -0.660. The first-order valence-electron chi connectivity index (χ1n) is 4.83. The number of ether oxygens (including phenoxy) is 1. The van der Waals surface area contributed by atoms with Gasteiger partial charge in [-0.2, -0.15) is 0 Å². The van der Waals surface area contributed by atoms with Gasteiger partial charge in [-0.1, -0.05) is 20.8 Å². The van der Waals surface area contributed by atoms with Gasteiger partial charge in [-0.05, 0) is 20.8 Å². The second-order valence-electron chi connectivity index (χ2n) is 5.72. The zero-order valence-electron chi connectivity index (χ0n) is 9.59. The maximum Gasteiger partial charge on any atom is 0.176 e. The monoisotopic (exact) mass is 183 g/mol. The lowest BCUT2D eigenvalue weighted by atomic mass is 9.91. The van der Waals surface area contributed by atoms with E-state index in [1.807, 2.05) is 6.20 Å². The van der Waals surface area contributed by atoms with Crippen LogP contribution in [0.3, 0.4) is 0 Å². The second-order valence-corrected chi connectivity index (χ2v) is 5.72. The van der Waals surface area contributed by atoms with Gasteiger partial charge in [0, 0.05) is 17.2 Å². The molecule has 1 unspecified atom stereocenters. The van der Waals surface area contributed by atoms with Crippen molar-refractivity contribution in [1.82, 2.24) is 4.90 Å². The molecule has 1 rings (SSSR count). The molecular weight excluding hydrogens is 162 g/mol. The molecule has 0 aromatic heterocycles. The smallest absolute Gasteiger partial charge is 0.176 e. The summed E-state index contributed by atoms with van der Waals surface area (Å²) in [6.07, 6.45) is 3.99. The molecule has 0 N–H and O–H groups in total. The van der Waals surface area contributed by atoms with Crippen molar-refractivity contribution in [2.75, 3.05) is 0 Å². The molecule has 2 nitrogen and oxygen atoms in total. The molecular formula is C11H21NO. The normalized spacial score (nSPS) is 23.5. The van der Waals surface area contributed by atoms with Gasteiger partial charge < -0.3 is 9.64 Å². The van der Waals surface area contributed by atoms with Gasteiger partial charge in [0.1, 0.15) is 6.26 Å². The van der Waals surface area contributed by atoms with Crippen LogP contribution in [-0.2, 0) is 4.74 Å². The Morgan fingerprint density at radius 3 is 1.92 bits per heavy atom. The molecule has 1 aliphatic heterocycles. The van der Waals surface area contributed by atoms with E-state index in [9.17, 15) is 0 Å². The third kappa shape index (κ3) is 2.17. The lowest BCUT2D eigenvalue weighted by molar-refractivity contribution is -0.0627. The Morgan fingerprint density at radius 2 is 1.62 bits per heavy atom. The van der Waals surface area contributed by atoms with E-state index in [1.54, 1.807) is 6.26 Å². The summed E-state index contributed by atoms with van der Waals surface area (Å²) in [6, 6.07) is 0. The second kappa shape index (κ2) is 2.93. The van der Waals surface area contributed by atoms with Crippen LogP contribution in [0.1, 0.15) is 41.5 Å². The minimum atomic E-state index is 0.130. The summed E-state index contributed by atoms with van der Waals surface area (Å²) in [7, 11) is 0. The number of nitrogens with zero attached hydrogens (tertiary/aromatic N) is 1. The molecule has 0 aromatic carbocycles. The van der Waals surface area contributed by atoms with Crippen molar-refractivity contribution in [3.8, 4) is 0 Å². The van der Waals surface area contributed by atoms with Crippen LogP contribution in [0.2, 0.25) is 0 Å². The van der Waals surface area contributed by atoms with Gasteiger partial charge in [0.05, 0.1) is 0 Å². The molecule has 0 saturated carbocycles. The maximum absolute atomic E-state index is 5.60. The van der Waals surface area contributed by atoms with Crippen molar-refractivity contribution in [3.05, 3.63) is 12.5 Å². The van der Waals surface area contributed by atoms with Crippen molar-refractivity contribution in [1.29, 1.82) is 0 Å². The topological polar surface area (TPSA) is 12.5 Å². The SMILES string of the molecule is CC(C)(C)C1OC=CN1C(C)(C)C. The van der Waals surface area contributed by atoms with Crippen LogP contribution in [0.25, 0.3) is 0 Å². The molecule has 0 amide bonds. The Labute approximate surface area is 81.6 Å². The minimum Gasteiger partial charge on any atom is -0.476 e. The zero-order valence-corrected chi connectivity index (χ0v) is 9.59. The molecule has 76 valence electrons. The first kappa shape index (κ1) is 10.4. The van der Waals surface area contributed by atoms with Gasteiger partial charge in [-0.15, -0.1) is 0 Å². The molecule has 0 aliphatic carbocycles. The predicted molar refractivity (Wildman–Crippen MR) is 55.1 cm³/mol. The lowest BCUT2D eigenvalue weighted by Gasteiger charge is -2.42. The molecule has 2 heteroatoms. The van der Waals surface area contributed by atoms with Crippen molar-refractivity contribution >= 4 is 0 Å². The van der Waals surface area contributed by atoms with Gasteiger partial charge in [0.25, 0.3) is 0 Å². The molecule has 0 saturated heterocycles. The minimum absolute atomic E-state index is 0.130. The molecule has 0 bridgehead atoms. The first-order valence-corrected chi connectivity index (χ1v) is 4.83. The quantitative estimate of drug-likeness (QED) is 0.572. The average molecular weight is 183 g/mol. The molecule has 0 aromatic rings. The highest BCUT2D eigenvalue weighted by Gasteiger charge is 2.38. The fourth-order valence-corrected chi connectivity index (χ4v) is 1.52. The van der Waals surface area contributed by atoms with E-state index >= 15 is 0 Å². The summed E-state index contributed by atoms with van der Waals surface area (Å²) in [5, 5.41) is 0. The van der Waals surface area contributed by atoms with Crippen molar-refractivity contribution in [2.24, 2.45) is 5.41 Å². The Morgan fingerprint density at radius 1 is 1.08 bits per heavy atom. The largest absolute Gasteiger partial charge is 0.476 e. The molecule has 1 heterocycles. The van der Waals surface area contributed by atoms with Crippen molar-refractivity contribution < 1.29 is 4.74 Å². The third-order valence-corrected chi connectivity index (χ3v) is 2.20. The van der Waals surface area contributed by atoms with E-state index in [0.717, 1.165) is 0 Å². The summed E-state index contributed by atoms with van der Waals surface area (Å²) >= 11 is 0. The van der Waals surface area contributed by atoms with E-state index in [4.69, 9.17) is 4.74 Å². The molecule has 0 spiro atoms. The molecule has 1 aliphatic rings. The summed E-state index contributed by atoms with van der Waals surface area (Å²) in [5.74, 6) is 0. The van der Waals surface area contributed by atoms with Gasteiger partial charge in [-0.25, -0.2) is 0 Å². The highest BCUT2D eigenvalue weighted by Crippen LogP contribution is 2.33. The van der Waals surface area contributed by atoms with Crippen LogP contribution in [-0.4, -0.2) is 16.7 Å². The first-order chi connectivity index (χ1) is 5.73. The fourth-order valence-electron chi connectivity index (χ4n) is 1.52. The Kier molecular flexibility index (Phi) is 2.35. The number of hydrogen-bond acceptors (Lipinski definition) is 2. The number of hydrogen-bond donors (Lipinski definition) is 0. The highest BCUT2D eigenvalue weighted by molar-refractivity contribution is 4.97. The van der Waals surface area contributed by atoms with Crippen LogP contribution >= 0.6 is 0 Å². The Balaban J connectivity index is 2.81. The summed E-state index contributed by atoms with van der Waals surface area (Å²) in [6.45, 7) is 13.2. The van der Waals surface area contributed by atoms with E-state index in [-0.39, 0.29) is 17.2 Å². The van der Waals surface area contributed by atoms with Crippen LogP contribution in [0, 0.1) is 5.41 Å². The predicted octanol–water partition coefficient (Wildman–Crippen LogP) is 2.96. The third-order valence-electron chi connectivity index (χ3n) is 2.20. The molecule has 13 heavy (non-hydrogen) atoms. The number of rotatable bonds is 0. The fraction of sp³-hybridized carbons (Fsp3) is 0.818. The summed E-state index contributed by atoms with van der Waals surface area (Å²) in [5.41, 5.74) is 0.279. The standard InChI is InChI=1S/C11H21NO/c1-10(2,3)9-12(7-8-13-9)11(4,5)6/h7-9H,1-6H3. The van der Waals surface area contributed by atoms with Gasteiger partial charge >= 0.3 is 0 Å². The van der Waals surface area contributed by atoms with Crippen LogP contribution < -0.4 is 0 Å². The summed E-state index contributed by atoms with van der Waals surface area (Å²) in [4.78, 5) is 2.27. The molecule has 0 fully saturated rings. The van der Waals surface area contributed by atoms with E-state index < -0.39 is 0 Å². The average Bonchev–Trinajstić information content (AvgIpc) is 2.27. The van der Waals surface area contributed by atoms with Crippen LogP contribution in [0.4, 0.5) is 0 Å². The summed E-state index contributed by atoms with van der Waals surface area (Å²) < 4.78 is 5.60. The zero-order chi connectivity index (χ0) is 10.3. The van der Waals surface area contributed by atoms with Crippen molar-refractivity contribution in [2.45, 2.75) is 53.3 Å².